The van der Waals surface area contributed by atoms with E-state index in [2.05, 4.69) is 84.7 Å². The number of piperidine rings is 6. The zero-order chi connectivity index (χ0) is 61.0. The lowest BCUT2D eigenvalue weighted by Gasteiger charge is -2.52. The average molecular weight is 1230 g/mol. The highest BCUT2D eigenvalue weighted by Crippen LogP contribution is 2.47. The molecule has 8 heterocycles. The zero-order valence-corrected chi connectivity index (χ0v) is 49.5. The third-order valence-corrected chi connectivity index (χ3v) is 20.5. The largest absolute Gasteiger partial charge is 0.542 e. The number of carbonyl (C=O) groups excluding carboxylic acids is 4. The number of nitrogens with zero attached hydrogens (tertiary/aromatic N) is 3. The van der Waals surface area contributed by atoms with Crippen molar-refractivity contribution in [3.63, 3.8) is 0 Å². The van der Waals surface area contributed by atoms with Gasteiger partial charge in [0, 0.05) is 96.6 Å². The predicted octanol–water partition coefficient (Wildman–Crippen LogP) is 9.30. The molecule has 2 saturated carbocycles. The van der Waals surface area contributed by atoms with Crippen molar-refractivity contribution in [1.82, 2.24) is 0 Å². The first-order valence-electron chi connectivity index (χ1n) is 29.5. The molecule has 3 aromatic carbocycles. The highest BCUT2D eigenvalue weighted by Gasteiger charge is 2.55. The van der Waals surface area contributed by atoms with Gasteiger partial charge in [0.1, 0.15) is 30.8 Å². The number of esters is 2. The Morgan fingerprint density at radius 3 is 1.44 bits per heavy atom. The highest BCUT2D eigenvalue weighted by atomic mass is 32.1. The van der Waals surface area contributed by atoms with Crippen molar-refractivity contribution in [2.45, 2.75) is 126 Å². The Morgan fingerprint density at radius 2 is 1.00 bits per heavy atom. The number of hydrogen-bond donors (Lipinski definition) is 2. The minimum absolute atomic E-state index is 0.0311. The van der Waals surface area contributed by atoms with Crippen molar-refractivity contribution < 1.29 is 89.1 Å². The van der Waals surface area contributed by atoms with Crippen LogP contribution < -0.4 is 19.8 Å². The minimum Gasteiger partial charge on any atom is -0.542 e. The number of alkyl halides is 6. The zero-order valence-electron chi connectivity index (χ0n) is 47.8. The molecular weight excluding hydrogens is 1150 g/mol. The Bertz CT molecular complexity index is 2910. The van der Waals surface area contributed by atoms with Crippen LogP contribution in [0.5, 0.6) is 5.75 Å². The van der Waals surface area contributed by atoms with Gasteiger partial charge in [-0.15, -0.1) is 22.7 Å². The second-order valence-corrected chi connectivity index (χ2v) is 25.7. The van der Waals surface area contributed by atoms with Gasteiger partial charge in [0.2, 0.25) is 0 Å². The molecule has 0 unspecified atom stereocenters. The number of hydrogen-bond acceptors (Lipinski definition) is 14. The second-order valence-electron chi connectivity index (χ2n) is 23.8. The normalized spacial score (nSPS) is 25.1. The van der Waals surface area contributed by atoms with E-state index in [1.807, 2.05) is 35.0 Å². The first-order valence-corrected chi connectivity index (χ1v) is 31.3. The number of anilines is 1. The van der Waals surface area contributed by atoms with E-state index >= 15 is 0 Å². The van der Waals surface area contributed by atoms with Crippen molar-refractivity contribution in [3.8, 4) is 5.75 Å². The average Bonchev–Trinajstić information content (AvgIpc) is 2.27. The first kappa shape index (κ1) is 65.2. The van der Waals surface area contributed by atoms with Gasteiger partial charge in [-0.3, -0.25) is 0 Å². The van der Waals surface area contributed by atoms with Crippen LogP contribution in [0, 0.1) is 23.7 Å². The lowest BCUT2D eigenvalue weighted by atomic mass is 9.82. The second kappa shape index (κ2) is 28.4. The van der Waals surface area contributed by atoms with Gasteiger partial charge in [0.05, 0.1) is 45.9 Å². The third kappa shape index (κ3) is 16.1. The number of carbonyl (C=O) groups is 4. The number of benzene rings is 3. The molecule has 2 aliphatic carbocycles. The molecule has 14 nitrogen and oxygen atoms in total. The molecule has 8 fully saturated rings. The molecule has 5 aromatic rings. The van der Waals surface area contributed by atoms with E-state index in [4.69, 9.17) is 34.0 Å². The Hall–Kier alpha value is -5.78. The maximum atomic E-state index is 13.6. The minimum atomic E-state index is -5.19. The molecule has 4 bridgehead atoms. The molecule has 6 saturated heterocycles. The summed E-state index contributed by atoms with van der Waals surface area (Å²) < 4.78 is 83.9. The van der Waals surface area contributed by atoms with Crippen molar-refractivity contribution in [1.29, 1.82) is 0 Å². The van der Waals surface area contributed by atoms with Crippen LogP contribution >= 0.6 is 22.7 Å². The van der Waals surface area contributed by atoms with Crippen LogP contribution in [0.15, 0.2) is 108 Å². The van der Waals surface area contributed by atoms with Crippen LogP contribution in [0.25, 0.3) is 10.8 Å². The summed E-state index contributed by atoms with van der Waals surface area (Å²) in [6.45, 7) is 10.3. The monoisotopic (exact) mass is 1230 g/mol. The molecular formula is C63H77F6N3O11S2. The van der Waals surface area contributed by atoms with E-state index in [9.17, 15) is 46.1 Å². The van der Waals surface area contributed by atoms with Gasteiger partial charge in [-0.2, -0.15) is 26.3 Å². The van der Waals surface area contributed by atoms with Crippen molar-refractivity contribution in [2.75, 3.05) is 77.5 Å². The summed E-state index contributed by atoms with van der Waals surface area (Å²) in [4.78, 5) is 48.6. The Balaban J connectivity index is 0.000000181. The fraction of sp³-hybridized carbons (Fsp3) is 0.556. The summed E-state index contributed by atoms with van der Waals surface area (Å²) in [6, 6.07) is 32.8. The fourth-order valence-corrected chi connectivity index (χ4v) is 15.5. The van der Waals surface area contributed by atoms with Crippen LogP contribution in [0.2, 0.25) is 0 Å². The summed E-state index contributed by atoms with van der Waals surface area (Å²) in [7, 11) is 2.16. The van der Waals surface area contributed by atoms with Crippen LogP contribution in [-0.4, -0.2) is 140 Å². The van der Waals surface area contributed by atoms with E-state index in [1.165, 1.54) is 46.8 Å². The van der Waals surface area contributed by atoms with Crippen LogP contribution in [0.3, 0.4) is 0 Å². The number of halogens is 6. The molecule has 22 heteroatoms. The number of quaternary nitrogens is 2. The van der Waals surface area contributed by atoms with Gasteiger partial charge < -0.3 is 58.1 Å². The molecule has 0 amide bonds. The molecule has 0 spiro atoms. The number of carboxylic acid groups (broad SMARTS) is 2. The van der Waals surface area contributed by atoms with E-state index in [0.29, 0.717) is 18.4 Å². The maximum absolute atomic E-state index is 13.6. The van der Waals surface area contributed by atoms with Gasteiger partial charge in [0.15, 0.2) is 23.4 Å². The maximum Gasteiger partial charge on any atom is 0.430 e. The quantitative estimate of drug-likeness (QED) is 0.0367. The Morgan fingerprint density at radius 1 is 0.576 bits per heavy atom. The molecule has 0 radical (unpaired) electrons. The molecule has 2 aromatic heterocycles. The summed E-state index contributed by atoms with van der Waals surface area (Å²) in [5.41, 5.74) is -1.74. The van der Waals surface area contributed by atoms with Crippen molar-refractivity contribution >= 4 is 63.0 Å². The predicted molar refractivity (Wildman–Crippen MR) is 306 cm³/mol. The topological polar surface area (TPSA) is 186 Å². The third-order valence-electron chi connectivity index (χ3n) is 18.5. The number of rotatable bonds is 18. The summed E-state index contributed by atoms with van der Waals surface area (Å²) in [5.74, 6) is -5.12. The molecule has 2 N–H and O–H groups in total. The van der Waals surface area contributed by atoms with E-state index in [-0.39, 0.29) is 24.0 Å². The van der Waals surface area contributed by atoms with E-state index in [0.717, 1.165) is 166 Å². The molecule has 6 aliphatic heterocycles. The smallest absolute Gasteiger partial charge is 0.430 e. The van der Waals surface area contributed by atoms with Gasteiger partial charge in [-0.25, -0.2) is 9.59 Å². The standard InChI is InChI=1S/C31H38NO4S.C28H39N2O3S.2C2HF3O2/c33-30(31(34,25-10-2-3-11-25)29-14-6-21-37-29)36-28-22-32(18-15-24(28)16-19-32)17-7-20-35-27-13-5-9-23-8-1-4-12-26(23)27;1-29(24-11-3-2-4-12-24)16-8-17-30-18-14-22(15-19-30)25(21-30)33-27(31)28(32,23-9-5-6-10-23)26-13-7-20-34-26;2*3-2(4,5)1(6)7/h1,4-6,8-9,12-14,21,24-25,28,34H,2-3,7,10-11,15-20,22H2;2-4,7,11-13,20,22-23,25,32H,5-6,8-10,14-19,21H2,1H3;2*(H,6,7)/q2*+1;;/p-2/t24?,28-,31+,32?;22?,25-,28+,30?;;/m00../s1. The SMILES string of the molecule is CN(CCC[N+]12CCC(CC1)[C@@H](OC(=O)[C@](O)(c1cccs1)C1CCCC1)C2)c1ccccc1.O=C(O[C@H]1C[N+]2(CCCOc3cccc4ccccc34)CCC1CC2)[C@](O)(c1cccs1)C1CCCC1.O=C([O-])C(F)(F)F.O=C([O-])C(F)(F)F. The molecule has 464 valence electrons. The first-order chi connectivity index (χ1) is 40.5. The number of ether oxygens (including phenoxy) is 3. The Labute approximate surface area is 500 Å². The number of para-hydroxylation sites is 1. The van der Waals surface area contributed by atoms with Gasteiger partial charge in [0.25, 0.3) is 0 Å². The molecule has 13 rings (SSSR count). The Kier molecular flexibility index (Phi) is 21.8. The lowest BCUT2D eigenvalue weighted by molar-refractivity contribution is -0.946. The fourth-order valence-electron chi connectivity index (χ4n) is 13.8. The highest BCUT2D eigenvalue weighted by molar-refractivity contribution is 7.10. The molecule has 8 aliphatic rings. The van der Waals surface area contributed by atoms with Crippen molar-refractivity contribution in [3.05, 3.63) is 118 Å². The number of aliphatic carboxylic acids is 2. The van der Waals surface area contributed by atoms with Crippen LogP contribution in [0.4, 0.5) is 32.0 Å². The van der Waals surface area contributed by atoms with Crippen LogP contribution in [-0.2, 0) is 39.9 Å². The summed E-state index contributed by atoms with van der Waals surface area (Å²) in [5, 5.41) is 47.3. The van der Waals surface area contributed by atoms with E-state index < -0.39 is 47.4 Å². The number of thiophene rings is 2. The van der Waals surface area contributed by atoms with Crippen LogP contribution in [0.1, 0.15) is 99.6 Å². The van der Waals surface area contributed by atoms with E-state index in [1.54, 1.807) is 0 Å². The van der Waals surface area contributed by atoms with Gasteiger partial charge in [-0.1, -0.05) is 92.4 Å². The summed E-state index contributed by atoms with van der Waals surface area (Å²) in [6.07, 6.45) is 3.78. The lowest BCUT2D eigenvalue weighted by Crippen LogP contribution is -2.65. The number of aliphatic hydroxyl groups is 2. The molecule has 4 atom stereocenters. The summed E-state index contributed by atoms with van der Waals surface area (Å²) >= 11 is 2.94. The number of fused-ring (bicyclic) bond motifs is 7. The van der Waals surface area contributed by atoms with Gasteiger partial charge >= 0.3 is 24.3 Å². The van der Waals surface area contributed by atoms with Gasteiger partial charge in [-0.05, 0) is 72.2 Å². The number of carboxylic acids is 2. The van der Waals surface area contributed by atoms with Crippen molar-refractivity contribution in [2.24, 2.45) is 23.7 Å². The molecule has 85 heavy (non-hydrogen) atoms.